The smallest absolute Gasteiger partial charge is 0.338 e. The molecule has 144 valence electrons. The number of methoxy groups -OCH3 is 1. The maximum atomic E-state index is 12.1. The van der Waals surface area contributed by atoms with E-state index in [1.807, 2.05) is 12.1 Å². The zero-order valence-electron chi connectivity index (χ0n) is 15.1. The molecular weight excluding hydrogens is 370 g/mol. The van der Waals surface area contributed by atoms with Crippen LogP contribution in [-0.2, 0) is 31.7 Å². The van der Waals surface area contributed by atoms with Crippen LogP contribution in [0.3, 0.4) is 0 Å². The lowest BCUT2D eigenvalue weighted by Gasteiger charge is -2.08. The number of carbonyl (C=O) groups excluding carboxylic acids is 2. The minimum absolute atomic E-state index is 0.171. The quantitative estimate of drug-likeness (QED) is 0.688. The van der Waals surface area contributed by atoms with Crippen LogP contribution in [0.25, 0.3) is 0 Å². The van der Waals surface area contributed by atoms with E-state index in [0.29, 0.717) is 11.3 Å². The second-order valence-electron chi connectivity index (χ2n) is 5.97. The Morgan fingerprint density at radius 3 is 2.44 bits per heavy atom. The Kier molecular flexibility index (Phi) is 6.95. The van der Waals surface area contributed by atoms with Crippen LogP contribution in [0, 0.1) is 0 Å². The molecule has 0 saturated carbocycles. The number of hydrogen-bond donors (Lipinski definition) is 1. The first-order valence-electron chi connectivity index (χ1n) is 8.10. The summed E-state index contributed by atoms with van der Waals surface area (Å²) in [5.74, 6) is -0.628. The zero-order valence-corrected chi connectivity index (χ0v) is 15.9. The average Bonchev–Trinajstić information content (AvgIpc) is 2.63. The van der Waals surface area contributed by atoms with E-state index in [1.165, 1.54) is 12.1 Å². The van der Waals surface area contributed by atoms with Gasteiger partial charge < -0.3 is 14.8 Å². The molecule has 0 unspecified atom stereocenters. The predicted molar refractivity (Wildman–Crippen MR) is 100 cm³/mol. The van der Waals surface area contributed by atoms with Gasteiger partial charge in [0.2, 0.25) is 0 Å². The minimum Gasteiger partial charge on any atom is -0.497 e. The van der Waals surface area contributed by atoms with Gasteiger partial charge in [0.25, 0.3) is 5.91 Å². The first kappa shape index (κ1) is 20.4. The Morgan fingerprint density at radius 1 is 1.04 bits per heavy atom. The highest BCUT2D eigenvalue weighted by molar-refractivity contribution is 7.89. The molecule has 0 aliphatic rings. The van der Waals surface area contributed by atoms with Gasteiger partial charge in [0.1, 0.15) is 5.75 Å². The van der Waals surface area contributed by atoms with Crippen molar-refractivity contribution in [3.05, 3.63) is 65.2 Å². The van der Waals surface area contributed by atoms with E-state index in [0.717, 1.165) is 11.8 Å². The van der Waals surface area contributed by atoms with Crippen molar-refractivity contribution >= 4 is 21.7 Å². The topological polar surface area (TPSA) is 98.8 Å². The van der Waals surface area contributed by atoms with Gasteiger partial charge in [0, 0.05) is 12.8 Å². The molecule has 1 amide bonds. The second kappa shape index (κ2) is 9.18. The number of nitrogens with one attached hydrogen (secondary N) is 1. The molecule has 0 spiro atoms. The van der Waals surface area contributed by atoms with E-state index < -0.39 is 28.3 Å². The molecule has 8 heteroatoms. The predicted octanol–water partition coefficient (Wildman–Crippen LogP) is 1.71. The summed E-state index contributed by atoms with van der Waals surface area (Å²) in [5, 5.41) is 2.65. The Bertz CT molecular complexity index is 923. The summed E-state index contributed by atoms with van der Waals surface area (Å²) >= 11 is 0. The summed E-state index contributed by atoms with van der Waals surface area (Å²) < 4.78 is 32.8. The maximum Gasteiger partial charge on any atom is 0.338 e. The maximum absolute atomic E-state index is 12.1. The Hall–Kier alpha value is -2.87. The number of amides is 1. The van der Waals surface area contributed by atoms with Crippen molar-refractivity contribution in [2.24, 2.45) is 0 Å². The van der Waals surface area contributed by atoms with Gasteiger partial charge in [-0.15, -0.1) is 0 Å². The molecule has 0 bridgehead atoms. The summed E-state index contributed by atoms with van der Waals surface area (Å²) in [5.41, 5.74) is 1.52. The monoisotopic (exact) mass is 391 g/mol. The third-order valence-electron chi connectivity index (χ3n) is 3.55. The Morgan fingerprint density at radius 2 is 1.74 bits per heavy atom. The zero-order chi connectivity index (χ0) is 19.9. The van der Waals surface area contributed by atoms with Crippen LogP contribution in [0.1, 0.15) is 21.5 Å². The molecule has 0 saturated heterocycles. The van der Waals surface area contributed by atoms with Crippen molar-refractivity contribution in [3.8, 4) is 5.75 Å². The minimum atomic E-state index is -3.21. The van der Waals surface area contributed by atoms with Crippen LogP contribution in [0.5, 0.6) is 5.75 Å². The highest BCUT2D eigenvalue weighted by Gasteiger charge is 2.12. The normalized spacial score (nSPS) is 10.9. The Labute approximate surface area is 158 Å². The van der Waals surface area contributed by atoms with Crippen molar-refractivity contribution in [2.75, 3.05) is 20.0 Å². The van der Waals surface area contributed by atoms with Gasteiger partial charge in [-0.2, -0.15) is 0 Å². The molecule has 1 N–H and O–H groups in total. The summed E-state index contributed by atoms with van der Waals surface area (Å²) in [6.07, 6.45) is 1.12. The van der Waals surface area contributed by atoms with E-state index >= 15 is 0 Å². The summed E-state index contributed by atoms with van der Waals surface area (Å²) in [4.78, 5) is 23.9. The molecule has 2 aromatic rings. The molecule has 0 aliphatic carbocycles. The number of hydrogen-bond acceptors (Lipinski definition) is 6. The molecule has 0 radical (unpaired) electrons. The van der Waals surface area contributed by atoms with Crippen molar-refractivity contribution in [3.63, 3.8) is 0 Å². The standard InChI is InChI=1S/C19H21NO6S/c1-25-17-8-4-5-14(10-17)11-20-18(21)12-26-19(22)16-7-3-6-15(9-16)13-27(2,23)24/h3-10H,11-13H2,1-2H3,(H,20,21). The van der Waals surface area contributed by atoms with Gasteiger partial charge in [-0.1, -0.05) is 24.3 Å². The summed E-state index contributed by atoms with van der Waals surface area (Å²) in [7, 11) is -1.65. The van der Waals surface area contributed by atoms with Gasteiger partial charge in [-0.25, -0.2) is 13.2 Å². The van der Waals surface area contributed by atoms with Crippen LogP contribution >= 0.6 is 0 Å². The third-order valence-corrected chi connectivity index (χ3v) is 4.41. The van der Waals surface area contributed by atoms with E-state index in [-0.39, 0.29) is 17.9 Å². The van der Waals surface area contributed by atoms with Crippen molar-refractivity contribution < 1.29 is 27.5 Å². The first-order chi connectivity index (χ1) is 12.8. The summed E-state index contributed by atoms with van der Waals surface area (Å²) in [6, 6.07) is 13.4. The molecule has 2 aromatic carbocycles. The lowest BCUT2D eigenvalue weighted by Crippen LogP contribution is -2.28. The molecule has 0 aliphatic heterocycles. The van der Waals surface area contributed by atoms with Crippen LogP contribution in [0.4, 0.5) is 0 Å². The number of rotatable bonds is 8. The van der Waals surface area contributed by atoms with Gasteiger partial charge in [-0.05, 0) is 35.4 Å². The third kappa shape index (κ3) is 7.10. The molecule has 0 atom stereocenters. The van der Waals surface area contributed by atoms with Crippen LogP contribution < -0.4 is 10.1 Å². The lowest BCUT2D eigenvalue weighted by atomic mass is 10.1. The van der Waals surface area contributed by atoms with Crippen LogP contribution in [-0.4, -0.2) is 40.3 Å². The number of benzene rings is 2. The molecule has 2 rings (SSSR count). The van der Waals surface area contributed by atoms with Crippen LogP contribution in [0.15, 0.2) is 48.5 Å². The first-order valence-corrected chi connectivity index (χ1v) is 10.2. The molecule has 0 aromatic heterocycles. The molecule has 0 fully saturated rings. The highest BCUT2D eigenvalue weighted by Crippen LogP contribution is 2.12. The summed E-state index contributed by atoms with van der Waals surface area (Å²) in [6.45, 7) is -0.156. The second-order valence-corrected chi connectivity index (χ2v) is 8.12. The van der Waals surface area contributed by atoms with Crippen molar-refractivity contribution in [1.29, 1.82) is 0 Å². The molecule has 27 heavy (non-hydrogen) atoms. The number of esters is 1. The van der Waals surface area contributed by atoms with Crippen molar-refractivity contribution in [1.82, 2.24) is 5.32 Å². The number of sulfone groups is 1. The Balaban J connectivity index is 1.85. The lowest BCUT2D eigenvalue weighted by molar-refractivity contribution is -0.124. The van der Waals surface area contributed by atoms with Crippen molar-refractivity contribution in [2.45, 2.75) is 12.3 Å². The van der Waals surface area contributed by atoms with E-state index in [9.17, 15) is 18.0 Å². The van der Waals surface area contributed by atoms with Gasteiger partial charge in [-0.3, -0.25) is 4.79 Å². The highest BCUT2D eigenvalue weighted by atomic mass is 32.2. The fraction of sp³-hybridized carbons (Fsp3) is 0.263. The van der Waals surface area contributed by atoms with E-state index in [4.69, 9.17) is 9.47 Å². The van der Waals surface area contributed by atoms with E-state index in [1.54, 1.807) is 31.4 Å². The fourth-order valence-electron chi connectivity index (χ4n) is 2.34. The average molecular weight is 391 g/mol. The number of carbonyl (C=O) groups is 2. The fourth-order valence-corrected chi connectivity index (χ4v) is 3.12. The largest absolute Gasteiger partial charge is 0.497 e. The number of ether oxygens (including phenoxy) is 2. The molecule has 0 heterocycles. The van der Waals surface area contributed by atoms with Gasteiger partial charge in [0.15, 0.2) is 16.4 Å². The van der Waals surface area contributed by atoms with Crippen LogP contribution in [0.2, 0.25) is 0 Å². The SMILES string of the molecule is COc1cccc(CNC(=O)COC(=O)c2cccc(CS(C)(=O)=O)c2)c1. The molecule has 7 nitrogen and oxygen atoms in total. The van der Waals surface area contributed by atoms with E-state index in [2.05, 4.69) is 5.32 Å². The molecular formula is C19H21NO6S. The van der Waals surface area contributed by atoms with Gasteiger partial charge >= 0.3 is 5.97 Å². The van der Waals surface area contributed by atoms with Gasteiger partial charge in [0.05, 0.1) is 18.4 Å².